The largest absolute Gasteiger partial charge is 0.317 e. The number of rotatable bonds is 3. The van der Waals surface area contributed by atoms with Gasteiger partial charge in [0.05, 0.1) is 10.9 Å². The molecule has 0 spiro atoms. The highest BCUT2D eigenvalue weighted by atomic mass is 32.2. The molecule has 0 aromatic heterocycles. The Labute approximate surface area is 109 Å². The lowest BCUT2D eigenvalue weighted by Gasteiger charge is -2.24. The first kappa shape index (κ1) is 13.4. The molecule has 4 nitrogen and oxygen atoms in total. The number of nitrogens with one attached hydrogen (secondary N) is 2. The van der Waals surface area contributed by atoms with Crippen LogP contribution in [-0.2, 0) is 10.0 Å². The molecule has 0 saturated carbocycles. The molecule has 0 atom stereocenters. The maximum absolute atomic E-state index is 12.3. The summed E-state index contributed by atoms with van der Waals surface area (Å²) in [7, 11) is -3.27. The molecule has 2 N–H and O–H groups in total. The first-order valence-corrected chi connectivity index (χ1v) is 7.84. The molecule has 1 aliphatic rings. The average molecular weight is 268 g/mol. The van der Waals surface area contributed by atoms with Crippen LogP contribution in [0.3, 0.4) is 0 Å². The van der Waals surface area contributed by atoms with Gasteiger partial charge in [0.25, 0.3) is 0 Å². The Morgan fingerprint density at radius 3 is 2.28 bits per heavy atom. The van der Waals surface area contributed by atoms with E-state index in [0.29, 0.717) is 12.8 Å². The Morgan fingerprint density at radius 2 is 1.72 bits per heavy atom. The number of hydrogen-bond donors (Lipinski definition) is 2. The van der Waals surface area contributed by atoms with Gasteiger partial charge < -0.3 is 5.32 Å². The molecule has 1 aromatic carbocycles. The smallest absolute Gasteiger partial charge is 0.235 e. The molecule has 100 valence electrons. The van der Waals surface area contributed by atoms with E-state index < -0.39 is 10.0 Å². The van der Waals surface area contributed by atoms with E-state index in [-0.39, 0.29) is 5.25 Å². The van der Waals surface area contributed by atoms with Gasteiger partial charge in [-0.15, -0.1) is 0 Å². The van der Waals surface area contributed by atoms with Crippen LogP contribution in [-0.4, -0.2) is 26.8 Å². The highest BCUT2D eigenvalue weighted by Gasteiger charge is 2.27. The van der Waals surface area contributed by atoms with Crippen molar-refractivity contribution in [2.45, 2.75) is 31.9 Å². The normalized spacial score (nSPS) is 17.7. The van der Waals surface area contributed by atoms with Gasteiger partial charge in [0, 0.05) is 0 Å². The minimum atomic E-state index is -3.27. The van der Waals surface area contributed by atoms with E-state index >= 15 is 0 Å². The molecule has 2 rings (SSSR count). The minimum absolute atomic E-state index is 0.280. The number of piperidine rings is 1. The van der Waals surface area contributed by atoms with Crippen molar-refractivity contribution < 1.29 is 8.42 Å². The van der Waals surface area contributed by atoms with Crippen molar-refractivity contribution in [1.82, 2.24) is 5.32 Å². The van der Waals surface area contributed by atoms with Gasteiger partial charge in [0.1, 0.15) is 0 Å². The fraction of sp³-hybridized carbons (Fsp3) is 0.538. The standard InChI is InChI=1S/C13H20N2O2S/c1-10-4-3-5-11(2)13(10)15-18(16,17)12-6-8-14-9-7-12/h3-5,12,14-15H,6-9H2,1-2H3. The molecule has 0 radical (unpaired) electrons. The fourth-order valence-electron chi connectivity index (χ4n) is 2.31. The summed E-state index contributed by atoms with van der Waals surface area (Å²) in [5.74, 6) is 0. The number of anilines is 1. The monoisotopic (exact) mass is 268 g/mol. The number of sulfonamides is 1. The highest BCUT2D eigenvalue weighted by molar-refractivity contribution is 7.93. The molecule has 5 heteroatoms. The van der Waals surface area contributed by atoms with Gasteiger partial charge in [-0.3, -0.25) is 4.72 Å². The predicted molar refractivity (Wildman–Crippen MR) is 74.4 cm³/mol. The molecule has 1 aliphatic heterocycles. The van der Waals surface area contributed by atoms with E-state index in [1.165, 1.54) is 0 Å². The molecule has 0 aliphatic carbocycles. The van der Waals surface area contributed by atoms with Crippen molar-refractivity contribution in [2.24, 2.45) is 0 Å². The van der Waals surface area contributed by atoms with E-state index in [9.17, 15) is 8.42 Å². The summed E-state index contributed by atoms with van der Waals surface area (Å²) >= 11 is 0. The summed E-state index contributed by atoms with van der Waals surface area (Å²) in [5, 5.41) is 2.90. The summed E-state index contributed by atoms with van der Waals surface area (Å²) in [4.78, 5) is 0. The lowest BCUT2D eigenvalue weighted by atomic mass is 10.1. The molecule has 1 heterocycles. The second-order valence-corrected chi connectivity index (χ2v) is 6.82. The molecular formula is C13H20N2O2S. The van der Waals surface area contributed by atoms with Crippen LogP contribution in [0.2, 0.25) is 0 Å². The van der Waals surface area contributed by atoms with Crippen LogP contribution in [0.25, 0.3) is 0 Å². The number of benzene rings is 1. The van der Waals surface area contributed by atoms with Crippen molar-refractivity contribution in [2.75, 3.05) is 17.8 Å². The second kappa shape index (κ2) is 5.28. The van der Waals surface area contributed by atoms with Gasteiger partial charge in [0.2, 0.25) is 10.0 Å². The minimum Gasteiger partial charge on any atom is -0.317 e. The van der Waals surface area contributed by atoms with Crippen LogP contribution in [0.5, 0.6) is 0 Å². The Hall–Kier alpha value is -1.07. The first-order valence-electron chi connectivity index (χ1n) is 6.29. The van der Waals surface area contributed by atoms with Crippen LogP contribution in [0.15, 0.2) is 18.2 Å². The summed E-state index contributed by atoms with van der Waals surface area (Å²) < 4.78 is 27.4. The van der Waals surface area contributed by atoms with Crippen molar-refractivity contribution in [1.29, 1.82) is 0 Å². The zero-order valence-electron chi connectivity index (χ0n) is 10.9. The quantitative estimate of drug-likeness (QED) is 0.879. The summed E-state index contributed by atoms with van der Waals surface area (Å²) in [6.45, 7) is 5.40. The number of hydrogen-bond acceptors (Lipinski definition) is 3. The van der Waals surface area contributed by atoms with E-state index in [2.05, 4.69) is 10.0 Å². The Bertz CT molecular complexity index is 500. The highest BCUT2D eigenvalue weighted by Crippen LogP contribution is 2.23. The molecule has 0 amide bonds. The topological polar surface area (TPSA) is 58.2 Å². The molecule has 0 bridgehead atoms. The van der Waals surface area contributed by atoms with Crippen molar-refractivity contribution in [3.8, 4) is 0 Å². The second-order valence-electron chi connectivity index (χ2n) is 4.86. The maximum Gasteiger partial charge on any atom is 0.235 e. The van der Waals surface area contributed by atoms with Gasteiger partial charge in [-0.1, -0.05) is 18.2 Å². The Morgan fingerprint density at radius 1 is 1.17 bits per heavy atom. The summed E-state index contributed by atoms with van der Waals surface area (Å²) in [5.41, 5.74) is 2.66. The van der Waals surface area contributed by atoms with Crippen LogP contribution < -0.4 is 10.0 Å². The van der Waals surface area contributed by atoms with Crippen LogP contribution in [0, 0.1) is 13.8 Å². The fourth-order valence-corrected chi connectivity index (χ4v) is 3.94. The average Bonchev–Trinajstić information content (AvgIpc) is 2.35. The molecule has 0 unspecified atom stereocenters. The third kappa shape index (κ3) is 2.84. The van der Waals surface area contributed by atoms with E-state index in [0.717, 1.165) is 29.9 Å². The third-order valence-corrected chi connectivity index (χ3v) is 5.29. The van der Waals surface area contributed by atoms with Crippen LogP contribution in [0.1, 0.15) is 24.0 Å². The van der Waals surface area contributed by atoms with Gasteiger partial charge in [0.15, 0.2) is 0 Å². The zero-order valence-corrected chi connectivity index (χ0v) is 11.7. The van der Waals surface area contributed by atoms with Crippen LogP contribution >= 0.6 is 0 Å². The van der Waals surface area contributed by atoms with E-state index in [4.69, 9.17) is 0 Å². The van der Waals surface area contributed by atoms with Gasteiger partial charge in [-0.25, -0.2) is 8.42 Å². The van der Waals surface area contributed by atoms with Gasteiger partial charge >= 0.3 is 0 Å². The molecule has 1 saturated heterocycles. The first-order chi connectivity index (χ1) is 8.50. The van der Waals surface area contributed by atoms with E-state index in [1.807, 2.05) is 32.0 Å². The van der Waals surface area contributed by atoms with Crippen molar-refractivity contribution in [3.05, 3.63) is 29.3 Å². The van der Waals surface area contributed by atoms with Crippen LogP contribution in [0.4, 0.5) is 5.69 Å². The SMILES string of the molecule is Cc1cccc(C)c1NS(=O)(=O)C1CCNCC1. The number of aryl methyl sites for hydroxylation is 2. The van der Waals surface area contributed by atoms with Gasteiger partial charge in [-0.2, -0.15) is 0 Å². The molecule has 1 fully saturated rings. The lowest BCUT2D eigenvalue weighted by Crippen LogP contribution is -2.38. The lowest BCUT2D eigenvalue weighted by molar-refractivity contribution is 0.499. The zero-order chi connectivity index (χ0) is 13.2. The van der Waals surface area contributed by atoms with Gasteiger partial charge in [-0.05, 0) is 50.9 Å². The number of para-hydroxylation sites is 1. The summed E-state index contributed by atoms with van der Waals surface area (Å²) in [6, 6.07) is 5.79. The maximum atomic E-state index is 12.3. The molecular weight excluding hydrogens is 248 g/mol. The predicted octanol–water partition coefficient (Wildman–Crippen LogP) is 1.80. The molecule has 18 heavy (non-hydrogen) atoms. The van der Waals surface area contributed by atoms with E-state index in [1.54, 1.807) is 0 Å². The Kier molecular flexibility index (Phi) is 3.92. The Balaban J connectivity index is 2.22. The third-order valence-electron chi connectivity index (χ3n) is 3.45. The van der Waals surface area contributed by atoms with Crippen molar-refractivity contribution >= 4 is 15.7 Å². The summed E-state index contributed by atoms with van der Waals surface area (Å²) in [6.07, 6.45) is 1.36. The molecule has 1 aromatic rings. The van der Waals surface area contributed by atoms with Crippen molar-refractivity contribution in [3.63, 3.8) is 0 Å².